The molecule has 7 heteroatoms. The maximum atomic E-state index is 5.36. The van der Waals surface area contributed by atoms with Crippen molar-refractivity contribution in [1.29, 1.82) is 0 Å². The second-order valence-electron chi connectivity index (χ2n) is 4.65. The molecule has 3 rings (SSSR count). The van der Waals surface area contributed by atoms with Gasteiger partial charge in [-0.2, -0.15) is 10.1 Å². The highest BCUT2D eigenvalue weighted by molar-refractivity contribution is 7.15. The van der Waals surface area contributed by atoms with E-state index in [1.165, 1.54) is 0 Å². The molecule has 20 heavy (non-hydrogen) atoms. The van der Waals surface area contributed by atoms with Crippen molar-refractivity contribution >= 4 is 22.0 Å². The number of aryl methyl sites for hydroxylation is 2. The molecule has 106 valence electrons. The lowest BCUT2D eigenvalue weighted by Gasteiger charge is -2.07. The molecule has 3 heterocycles. The van der Waals surface area contributed by atoms with Gasteiger partial charge in [0.25, 0.3) is 0 Å². The van der Waals surface area contributed by atoms with Gasteiger partial charge in [0.1, 0.15) is 5.69 Å². The number of fused-ring (bicyclic) bond motifs is 1. The smallest absolute Gasteiger partial charge is 0.238 e. The van der Waals surface area contributed by atoms with Gasteiger partial charge in [-0.05, 0) is 13.8 Å². The van der Waals surface area contributed by atoms with Crippen LogP contribution in [0.15, 0.2) is 11.6 Å². The molecular formula is C13H17N5OS. The average molecular weight is 291 g/mol. The van der Waals surface area contributed by atoms with E-state index in [4.69, 9.17) is 4.74 Å². The molecule has 0 radical (unpaired) electrons. The van der Waals surface area contributed by atoms with Crippen molar-refractivity contribution in [2.75, 3.05) is 12.4 Å². The van der Waals surface area contributed by atoms with Crippen LogP contribution in [-0.2, 0) is 13.6 Å². The van der Waals surface area contributed by atoms with E-state index in [9.17, 15) is 0 Å². The monoisotopic (exact) mass is 291 g/mol. The van der Waals surface area contributed by atoms with Crippen LogP contribution in [0.2, 0.25) is 0 Å². The van der Waals surface area contributed by atoms with Gasteiger partial charge in [0.05, 0.1) is 30.7 Å². The van der Waals surface area contributed by atoms with Crippen molar-refractivity contribution in [2.24, 2.45) is 7.05 Å². The van der Waals surface area contributed by atoms with Gasteiger partial charge in [0, 0.05) is 18.6 Å². The number of aromatic nitrogens is 4. The van der Waals surface area contributed by atoms with Gasteiger partial charge in [-0.3, -0.25) is 9.08 Å². The fourth-order valence-electron chi connectivity index (χ4n) is 2.34. The van der Waals surface area contributed by atoms with Gasteiger partial charge in [-0.1, -0.05) is 0 Å². The van der Waals surface area contributed by atoms with E-state index in [-0.39, 0.29) is 0 Å². The lowest BCUT2D eigenvalue weighted by molar-refractivity contribution is 0.395. The third-order valence-corrected chi connectivity index (χ3v) is 4.22. The first-order chi connectivity index (χ1) is 9.61. The maximum absolute atomic E-state index is 5.36. The fraction of sp³-hybridized carbons (Fsp3) is 0.385. The van der Waals surface area contributed by atoms with Crippen molar-refractivity contribution in [3.05, 3.63) is 28.7 Å². The normalized spacial score (nSPS) is 11.2. The summed E-state index contributed by atoms with van der Waals surface area (Å²) in [5, 5.41) is 9.87. The Morgan fingerprint density at radius 1 is 1.40 bits per heavy atom. The minimum Gasteiger partial charge on any atom is -0.480 e. The number of imidazole rings is 1. The summed E-state index contributed by atoms with van der Waals surface area (Å²) in [6.07, 6.45) is 2.01. The zero-order chi connectivity index (χ0) is 14.3. The second-order valence-corrected chi connectivity index (χ2v) is 5.52. The molecule has 0 aromatic carbocycles. The average Bonchev–Trinajstić information content (AvgIpc) is 3.05. The van der Waals surface area contributed by atoms with Crippen molar-refractivity contribution in [2.45, 2.75) is 20.4 Å². The molecule has 0 aliphatic rings. The van der Waals surface area contributed by atoms with E-state index in [0.29, 0.717) is 12.4 Å². The Kier molecular flexibility index (Phi) is 3.13. The van der Waals surface area contributed by atoms with Gasteiger partial charge in [0.2, 0.25) is 5.88 Å². The Balaban J connectivity index is 1.91. The van der Waals surface area contributed by atoms with Gasteiger partial charge in [0.15, 0.2) is 4.96 Å². The van der Waals surface area contributed by atoms with Crippen LogP contribution >= 0.6 is 11.3 Å². The standard InChI is InChI=1S/C13H17N5OS/c1-8-11(9(2)17(3)16-8)14-7-10-12(19-4)15-13-18(10)5-6-20-13/h5-6,14H,7H2,1-4H3. The number of anilines is 1. The highest BCUT2D eigenvalue weighted by Gasteiger charge is 2.15. The highest BCUT2D eigenvalue weighted by atomic mass is 32.1. The molecule has 0 amide bonds. The summed E-state index contributed by atoms with van der Waals surface area (Å²) >= 11 is 1.60. The number of ether oxygens (including phenoxy) is 1. The molecule has 0 saturated carbocycles. The molecule has 0 atom stereocenters. The van der Waals surface area contributed by atoms with Crippen LogP contribution in [0.1, 0.15) is 17.1 Å². The number of thiazole rings is 1. The van der Waals surface area contributed by atoms with Crippen LogP contribution in [0.4, 0.5) is 5.69 Å². The molecular weight excluding hydrogens is 274 g/mol. The van der Waals surface area contributed by atoms with E-state index >= 15 is 0 Å². The van der Waals surface area contributed by atoms with Crippen molar-refractivity contribution in [3.8, 4) is 5.88 Å². The van der Waals surface area contributed by atoms with E-state index in [1.54, 1.807) is 18.4 Å². The Bertz CT molecular complexity index is 754. The van der Waals surface area contributed by atoms with Crippen LogP contribution < -0.4 is 10.1 Å². The highest BCUT2D eigenvalue weighted by Crippen LogP contribution is 2.25. The molecule has 0 aliphatic heterocycles. The molecule has 0 unspecified atom stereocenters. The predicted octanol–water partition coefficient (Wildman–Crippen LogP) is 2.37. The molecule has 0 spiro atoms. The number of methoxy groups -OCH3 is 1. The summed E-state index contributed by atoms with van der Waals surface area (Å²) in [5.41, 5.74) is 4.20. The summed E-state index contributed by atoms with van der Waals surface area (Å²) in [5.74, 6) is 0.670. The largest absolute Gasteiger partial charge is 0.480 e. The third-order valence-electron chi connectivity index (χ3n) is 3.46. The van der Waals surface area contributed by atoms with E-state index in [1.807, 2.05) is 30.2 Å². The third kappa shape index (κ3) is 1.94. The van der Waals surface area contributed by atoms with Crippen LogP contribution in [0.25, 0.3) is 4.96 Å². The summed E-state index contributed by atoms with van der Waals surface area (Å²) in [6, 6.07) is 0. The van der Waals surface area contributed by atoms with Crippen LogP contribution in [0.3, 0.4) is 0 Å². The molecule has 6 nitrogen and oxygen atoms in total. The van der Waals surface area contributed by atoms with Crippen LogP contribution in [-0.4, -0.2) is 26.3 Å². The van der Waals surface area contributed by atoms with Gasteiger partial charge < -0.3 is 10.1 Å². The number of nitrogens with zero attached hydrogens (tertiary/aromatic N) is 4. The molecule has 0 bridgehead atoms. The van der Waals surface area contributed by atoms with Gasteiger partial charge >= 0.3 is 0 Å². The van der Waals surface area contributed by atoms with Crippen LogP contribution in [0, 0.1) is 13.8 Å². The molecule has 3 aromatic heterocycles. The van der Waals surface area contributed by atoms with Gasteiger partial charge in [-0.15, -0.1) is 11.3 Å². The van der Waals surface area contributed by atoms with Crippen molar-refractivity contribution in [3.63, 3.8) is 0 Å². The SMILES string of the molecule is COc1nc2sccn2c1CNc1c(C)nn(C)c1C. The summed E-state index contributed by atoms with van der Waals surface area (Å²) < 4.78 is 9.29. The van der Waals surface area contributed by atoms with E-state index in [2.05, 4.69) is 26.7 Å². The lowest BCUT2D eigenvalue weighted by Crippen LogP contribution is -2.05. The molecule has 0 saturated heterocycles. The summed E-state index contributed by atoms with van der Waals surface area (Å²) in [4.78, 5) is 5.39. The maximum Gasteiger partial charge on any atom is 0.238 e. The Morgan fingerprint density at radius 3 is 2.85 bits per heavy atom. The Labute approximate surface area is 121 Å². The molecule has 3 aromatic rings. The number of rotatable bonds is 4. The molecule has 1 N–H and O–H groups in total. The Morgan fingerprint density at radius 2 is 2.20 bits per heavy atom. The zero-order valence-electron chi connectivity index (χ0n) is 12.0. The first-order valence-corrected chi connectivity index (χ1v) is 7.22. The topological polar surface area (TPSA) is 56.4 Å². The van der Waals surface area contributed by atoms with E-state index < -0.39 is 0 Å². The minimum absolute atomic E-state index is 0.647. The number of hydrogen-bond acceptors (Lipinski definition) is 5. The van der Waals surface area contributed by atoms with Crippen molar-refractivity contribution < 1.29 is 4.74 Å². The summed E-state index contributed by atoms with van der Waals surface area (Å²) in [7, 11) is 3.60. The van der Waals surface area contributed by atoms with E-state index in [0.717, 1.165) is 27.7 Å². The molecule has 0 aliphatic carbocycles. The fourth-order valence-corrected chi connectivity index (χ4v) is 3.06. The predicted molar refractivity (Wildman–Crippen MR) is 79.6 cm³/mol. The quantitative estimate of drug-likeness (QED) is 0.802. The summed E-state index contributed by atoms with van der Waals surface area (Å²) in [6.45, 7) is 4.70. The van der Waals surface area contributed by atoms with Gasteiger partial charge in [-0.25, -0.2) is 0 Å². The minimum atomic E-state index is 0.647. The second kappa shape index (κ2) is 4.82. The van der Waals surface area contributed by atoms with Crippen molar-refractivity contribution in [1.82, 2.24) is 19.2 Å². The first-order valence-electron chi connectivity index (χ1n) is 6.34. The number of nitrogens with one attached hydrogen (secondary N) is 1. The van der Waals surface area contributed by atoms with Crippen LogP contribution in [0.5, 0.6) is 5.88 Å². The number of hydrogen-bond donors (Lipinski definition) is 1. The molecule has 0 fully saturated rings. The zero-order valence-corrected chi connectivity index (χ0v) is 12.8. The first kappa shape index (κ1) is 13.0. The lowest BCUT2D eigenvalue weighted by atomic mass is 10.3. The Hall–Kier alpha value is -2.02.